The van der Waals surface area contributed by atoms with Crippen LogP contribution in [0.2, 0.25) is 0 Å². The third kappa shape index (κ3) is 5.53. The molecule has 12 nitrogen and oxygen atoms in total. The first kappa shape index (κ1) is 24.7. The van der Waals surface area contributed by atoms with Gasteiger partial charge in [0.25, 0.3) is 5.91 Å². The van der Waals surface area contributed by atoms with Crippen LogP contribution in [0.3, 0.4) is 0 Å². The molecule has 2 saturated heterocycles. The van der Waals surface area contributed by atoms with Gasteiger partial charge in [0, 0.05) is 6.54 Å². The molecule has 184 valence electrons. The van der Waals surface area contributed by atoms with E-state index in [1.54, 1.807) is 38.7 Å². The highest BCUT2D eigenvalue weighted by atomic mass is 19.1. The van der Waals surface area contributed by atoms with Crippen LogP contribution in [0, 0.1) is 0 Å². The van der Waals surface area contributed by atoms with Gasteiger partial charge in [0.2, 0.25) is 0 Å². The minimum Gasteiger partial charge on any atom is -0.477 e. The number of nitrogens with zero attached hydrogens (tertiary/aromatic N) is 3. The Morgan fingerprint density at radius 2 is 2.03 bits per heavy atom. The molecule has 3 aliphatic rings. The summed E-state index contributed by atoms with van der Waals surface area (Å²) in [6, 6.07) is -2.86. The molecule has 0 aliphatic carbocycles. The highest BCUT2D eigenvalue weighted by Gasteiger charge is 2.49. The summed E-state index contributed by atoms with van der Waals surface area (Å²) >= 11 is 0. The number of rotatable bonds is 7. The topological polar surface area (TPSA) is 138 Å². The van der Waals surface area contributed by atoms with Crippen LogP contribution in [0.15, 0.2) is 11.6 Å². The molecule has 0 radical (unpaired) electrons. The Kier molecular flexibility index (Phi) is 7.12. The number of nitrogens with one attached hydrogen (secondary N) is 1. The van der Waals surface area contributed by atoms with Crippen molar-refractivity contribution in [3.05, 3.63) is 11.6 Å². The van der Waals surface area contributed by atoms with Gasteiger partial charge in [0.15, 0.2) is 0 Å². The van der Waals surface area contributed by atoms with E-state index in [1.807, 2.05) is 0 Å². The standard InChI is InChI=1S/C20H29FN4O8/c1-11-8-13-9-24(18(29)25(13)33-15(21)17(27)28)14(11)16(26)22-31-10-12-6-5-7-23(12)19(30)32-20(2,3)4/h8,12-15H,5-7,9-10H2,1-4H3,(H,22,26)(H,27,28)/t12-,13+,14-,15?/m0/s1. The Labute approximate surface area is 190 Å². The first-order valence-electron chi connectivity index (χ1n) is 10.6. The van der Waals surface area contributed by atoms with Crippen LogP contribution in [0.25, 0.3) is 0 Å². The van der Waals surface area contributed by atoms with E-state index in [2.05, 4.69) is 10.3 Å². The van der Waals surface area contributed by atoms with E-state index < -0.39 is 48.0 Å². The number of hydrogen-bond acceptors (Lipinski definition) is 7. The molecule has 1 unspecified atom stereocenters. The van der Waals surface area contributed by atoms with Gasteiger partial charge in [-0.1, -0.05) is 6.08 Å². The predicted octanol–water partition coefficient (Wildman–Crippen LogP) is 1.18. The summed E-state index contributed by atoms with van der Waals surface area (Å²) in [5, 5.41) is 9.30. The van der Waals surface area contributed by atoms with Crippen LogP contribution in [0.4, 0.5) is 14.0 Å². The monoisotopic (exact) mass is 472 g/mol. The number of fused-ring (bicyclic) bond motifs is 2. The summed E-state index contributed by atoms with van der Waals surface area (Å²) in [6.07, 6.45) is -0.159. The molecule has 3 rings (SSSR count). The highest BCUT2D eigenvalue weighted by molar-refractivity contribution is 5.91. The summed E-state index contributed by atoms with van der Waals surface area (Å²) in [5.74, 6) is -2.50. The van der Waals surface area contributed by atoms with Gasteiger partial charge in [-0.3, -0.25) is 9.63 Å². The molecule has 33 heavy (non-hydrogen) atoms. The summed E-state index contributed by atoms with van der Waals surface area (Å²) in [5.41, 5.74) is 2.18. The van der Waals surface area contributed by atoms with Crippen molar-refractivity contribution in [3.63, 3.8) is 0 Å². The number of alkyl halides is 1. The van der Waals surface area contributed by atoms with E-state index in [4.69, 9.17) is 14.7 Å². The normalized spacial score (nSPS) is 25.7. The van der Waals surface area contributed by atoms with Crippen LogP contribution in [-0.4, -0.2) is 93.8 Å². The van der Waals surface area contributed by atoms with Crippen molar-refractivity contribution in [3.8, 4) is 0 Å². The van der Waals surface area contributed by atoms with Crippen LogP contribution < -0.4 is 5.48 Å². The maximum absolute atomic E-state index is 13.5. The SMILES string of the molecule is CC1=C[C@@H]2CN(C(=O)N2OC(F)C(=O)O)[C@@H]1C(=O)NOC[C@@H]1CCCN1C(=O)OC(C)(C)C. The number of hydroxylamine groups is 3. The Morgan fingerprint density at radius 1 is 1.33 bits per heavy atom. The molecular weight excluding hydrogens is 443 g/mol. The molecule has 13 heteroatoms. The zero-order valence-corrected chi connectivity index (χ0v) is 18.9. The molecule has 4 atom stereocenters. The van der Waals surface area contributed by atoms with Crippen molar-refractivity contribution in [1.29, 1.82) is 0 Å². The van der Waals surface area contributed by atoms with E-state index in [0.29, 0.717) is 23.6 Å². The Balaban J connectivity index is 1.55. The van der Waals surface area contributed by atoms with Gasteiger partial charge in [-0.25, -0.2) is 29.1 Å². The summed E-state index contributed by atoms with van der Waals surface area (Å²) in [6.45, 7) is 7.53. The zero-order valence-electron chi connectivity index (χ0n) is 18.9. The Bertz CT molecular complexity index is 844. The first-order valence-corrected chi connectivity index (χ1v) is 10.6. The van der Waals surface area contributed by atoms with Crippen molar-refractivity contribution >= 4 is 24.0 Å². The van der Waals surface area contributed by atoms with Crippen LogP contribution in [-0.2, 0) is 24.0 Å². The fourth-order valence-electron chi connectivity index (χ4n) is 4.05. The molecule has 3 aliphatic heterocycles. The van der Waals surface area contributed by atoms with Crippen molar-refractivity contribution in [2.75, 3.05) is 19.7 Å². The van der Waals surface area contributed by atoms with Crippen molar-refractivity contribution in [1.82, 2.24) is 20.3 Å². The lowest BCUT2D eigenvalue weighted by atomic mass is 10.0. The second-order valence-corrected chi connectivity index (χ2v) is 9.15. The fourth-order valence-corrected chi connectivity index (χ4v) is 4.05. The third-order valence-corrected chi connectivity index (χ3v) is 5.42. The molecule has 2 N–H and O–H groups in total. The molecule has 0 aromatic heterocycles. The lowest BCUT2D eigenvalue weighted by molar-refractivity contribution is -0.219. The van der Waals surface area contributed by atoms with Gasteiger partial charge in [-0.15, -0.1) is 0 Å². The number of carbonyl (C=O) groups is 4. The largest absolute Gasteiger partial charge is 0.477 e. The number of likely N-dealkylation sites (tertiary alicyclic amines) is 1. The Hall–Kier alpha value is -2.93. The molecule has 2 fully saturated rings. The van der Waals surface area contributed by atoms with E-state index in [-0.39, 0.29) is 19.2 Å². The third-order valence-electron chi connectivity index (χ3n) is 5.42. The van der Waals surface area contributed by atoms with Crippen LogP contribution in [0.1, 0.15) is 40.5 Å². The van der Waals surface area contributed by atoms with Crippen LogP contribution in [0.5, 0.6) is 0 Å². The van der Waals surface area contributed by atoms with E-state index in [9.17, 15) is 23.6 Å². The van der Waals surface area contributed by atoms with Gasteiger partial charge >= 0.3 is 24.5 Å². The van der Waals surface area contributed by atoms with Gasteiger partial charge in [0.05, 0.1) is 25.2 Å². The summed E-state index contributed by atoms with van der Waals surface area (Å²) in [4.78, 5) is 61.1. The van der Waals surface area contributed by atoms with Crippen molar-refractivity contribution in [2.45, 2.75) is 70.6 Å². The van der Waals surface area contributed by atoms with Gasteiger partial charge in [-0.2, -0.15) is 5.06 Å². The maximum Gasteiger partial charge on any atom is 0.410 e. The number of urea groups is 1. The van der Waals surface area contributed by atoms with E-state index in [1.165, 1.54) is 0 Å². The lowest BCUT2D eigenvalue weighted by Crippen LogP contribution is -2.51. The van der Waals surface area contributed by atoms with E-state index >= 15 is 0 Å². The predicted molar refractivity (Wildman–Crippen MR) is 109 cm³/mol. The number of ether oxygens (including phenoxy) is 1. The first-order chi connectivity index (χ1) is 15.4. The van der Waals surface area contributed by atoms with Crippen molar-refractivity contribution in [2.24, 2.45) is 0 Å². The number of carbonyl (C=O) groups excluding carboxylic acids is 3. The molecule has 0 spiro atoms. The molecule has 0 aromatic rings. The summed E-state index contributed by atoms with van der Waals surface area (Å²) < 4.78 is 18.9. The van der Waals surface area contributed by atoms with Gasteiger partial charge < -0.3 is 19.6 Å². The molecular formula is C20H29FN4O8. The molecule has 0 saturated carbocycles. The molecule has 0 aromatic carbocycles. The number of halogens is 1. The van der Waals surface area contributed by atoms with Crippen molar-refractivity contribution < 1.29 is 43.1 Å². The van der Waals surface area contributed by atoms with Gasteiger partial charge in [0.1, 0.15) is 11.6 Å². The smallest absolute Gasteiger partial charge is 0.410 e. The number of amides is 4. The number of aliphatic carboxylic acids is 1. The zero-order chi connectivity index (χ0) is 24.5. The number of carboxylic acids is 1. The molecule has 4 amide bonds. The average molecular weight is 472 g/mol. The molecule has 3 heterocycles. The fraction of sp³-hybridized carbons (Fsp3) is 0.700. The van der Waals surface area contributed by atoms with Crippen LogP contribution >= 0.6 is 0 Å². The highest BCUT2D eigenvalue weighted by Crippen LogP contribution is 2.30. The number of carboxylic acid groups (broad SMARTS) is 1. The molecule has 2 bridgehead atoms. The quantitative estimate of drug-likeness (QED) is 0.416. The second-order valence-electron chi connectivity index (χ2n) is 9.15. The number of hydrogen-bond donors (Lipinski definition) is 2. The second kappa shape index (κ2) is 9.51. The summed E-state index contributed by atoms with van der Waals surface area (Å²) in [7, 11) is 0. The minimum absolute atomic E-state index is 0.0235. The van der Waals surface area contributed by atoms with E-state index in [0.717, 1.165) is 11.3 Å². The minimum atomic E-state index is -2.71. The lowest BCUT2D eigenvalue weighted by Gasteiger charge is -2.30. The maximum atomic E-state index is 13.5. The van der Waals surface area contributed by atoms with Gasteiger partial charge in [-0.05, 0) is 46.1 Å². The Morgan fingerprint density at radius 3 is 2.67 bits per heavy atom. The average Bonchev–Trinajstić information content (AvgIpc) is 3.26.